The summed E-state index contributed by atoms with van der Waals surface area (Å²) in [7, 11) is 0. The number of amides is 2. The summed E-state index contributed by atoms with van der Waals surface area (Å²) in [4.78, 5) is 45.4. The highest BCUT2D eigenvalue weighted by molar-refractivity contribution is 7.80. The Kier molecular flexibility index (Phi) is 5.99. The summed E-state index contributed by atoms with van der Waals surface area (Å²) in [6.45, 7) is 3.65. The number of carbonyl (C=O) groups excluding carboxylic acids is 3. The van der Waals surface area contributed by atoms with Crippen LogP contribution in [0.4, 0.5) is 5.69 Å². The zero-order valence-electron chi connectivity index (χ0n) is 17.8. The number of fused-ring (bicyclic) bond motifs is 1. The number of Topliss-reactive ketones (excluding diaryl/α,β-unsaturated/α-hetero) is 1. The SMILES string of the molecule is CCc1cccc(C)c1N1C(=O)C(=O)[C@@H](c2nc3ccccc3o2)/C(=N/NC(=S)NN)C1=O. The minimum absolute atomic E-state index is 0.0901. The van der Waals surface area contributed by atoms with Crippen molar-refractivity contribution in [3.05, 3.63) is 59.5 Å². The molecule has 33 heavy (non-hydrogen) atoms. The molecule has 1 atom stereocenters. The Balaban J connectivity index is 1.88. The highest BCUT2D eigenvalue weighted by Gasteiger charge is 2.50. The molecule has 4 rings (SSSR count). The van der Waals surface area contributed by atoms with E-state index < -0.39 is 23.5 Å². The van der Waals surface area contributed by atoms with E-state index in [-0.39, 0.29) is 16.7 Å². The molecule has 0 radical (unpaired) electrons. The van der Waals surface area contributed by atoms with Gasteiger partial charge in [-0.15, -0.1) is 0 Å². The van der Waals surface area contributed by atoms with E-state index in [2.05, 4.69) is 20.9 Å². The maximum Gasteiger partial charge on any atom is 0.302 e. The van der Waals surface area contributed by atoms with Crippen LogP contribution < -0.4 is 21.6 Å². The van der Waals surface area contributed by atoms with Crippen molar-refractivity contribution in [2.24, 2.45) is 10.9 Å². The number of benzene rings is 2. The maximum absolute atomic E-state index is 13.6. The van der Waals surface area contributed by atoms with Gasteiger partial charge in [0.05, 0.1) is 5.69 Å². The molecule has 4 N–H and O–H groups in total. The zero-order valence-corrected chi connectivity index (χ0v) is 18.6. The second-order valence-corrected chi connectivity index (χ2v) is 7.69. The lowest BCUT2D eigenvalue weighted by Crippen LogP contribution is -2.56. The molecule has 168 valence electrons. The fraction of sp³-hybridized carbons (Fsp3) is 0.182. The minimum Gasteiger partial charge on any atom is -0.439 e. The quantitative estimate of drug-likeness (QED) is 0.172. The summed E-state index contributed by atoms with van der Waals surface area (Å²) in [5, 5.41) is 3.94. The number of nitrogens with two attached hydrogens (primary N) is 1. The molecule has 1 aliphatic heterocycles. The van der Waals surface area contributed by atoms with Crippen molar-refractivity contribution < 1.29 is 18.8 Å². The third kappa shape index (κ3) is 3.88. The van der Waals surface area contributed by atoms with Crippen molar-refractivity contribution in [2.45, 2.75) is 26.2 Å². The molecule has 1 fully saturated rings. The minimum atomic E-state index is -1.45. The van der Waals surface area contributed by atoms with Crippen LogP contribution in [0.15, 0.2) is 52.0 Å². The Bertz CT molecular complexity index is 1300. The van der Waals surface area contributed by atoms with E-state index in [1.165, 1.54) is 0 Å². The largest absolute Gasteiger partial charge is 0.439 e. The maximum atomic E-state index is 13.6. The van der Waals surface area contributed by atoms with Gasteiger partial charge >= 0.3 is 5.91 Å². The second-order valence-electron chi connectivity index (χ2n) is 7.28. The lowest BCUT2D eigenvalue weighted by Gasteiger charge is -2.31. The molecule has 0 spiro atoms. The number of oxazole rings is 1. The van der Waals surface area contributed by atoms with E-state index in [0.717, 1.165) is 10.5 Å². The third-order valence-corrected chi connectivity index (χ3v) is 5.47. The first-order valence-corrected chi connectivity index (χ1v) is 10.5. The highest BCUT2D eigenvalue weighted by atomic mass is 32.1. The Morgan fingerprint density at radius 3 is 2.64 bits per heavy atom. The van der Waals surface area contributed by atoms with Gasteiger partial charge in [-0.1, -0.05) is 37.3 Å². The van der Waals surface area contributed by atoms with E-state index in [0.29, 0.717) is 28.8 Å². The smallest absolute Gasteiger partial charge is 0.302 e. The van der Waals surface area contributed by atoms with Crippen LogP contribution in [0.1, 0.15) is 29.9 Å². The molecule has 0 unspecified atom stereocenters. The first-order chi connectivity index (χ1) is 15.9. The van der Waals surface area contributed by atoms with Gasteiger partial charge in [-0.3, -0.25) is 25.2 Å². The van der Waals surface area contributed by atoms with E-state index in [4.69, 9.17) is 22.5 Å². The second kappa shape index (κ2) is 8.88. The number of hydrogen-bond acceptors (Lipinski definition) is 8. The molecule has 0 saturated carbocycles. The molecule has 10 nitrogen and oxygen atoms in total. The van der Waals surface area contributed by atoms with Gasteiger partial charge in [0.1, 0.15) is 11.2 Å². The summed E-state index contributed by atoms with van der Waals surface area (Å²) in [6.07, 6.45) is 0.544. The Morgan fingerprint density at radius 1 is 1.18 bits per heavy atom. The number of aryl methyl sites for hydroxylation is 2. The molecule has 0 aliphatic carbocycles. The molecule has 2 aromatic carbocycles. The Labute approximate surface area is 193 Å². The number of hydrazone groups is 1. The van der Waals surface area contributed by atoms with Crippen LogP contribution in [-0.4, -0.2) is 33.4 Å². The van der Waals surface area contributed by atoms with Gasteiger partial charge in [-0.25, -0.2) is 15.7 Å². The van der Waals surface area contributed by atoms with Crippen molar-refractivity contribution in [1.82, 2.24) is 15.8 Å². The first-order valence-electron chi connectivity index (χ1n) is 10.1. The molecule has 3 aromatic rings. The molecule has 1 aliphatic rings. The van der Waals surface area contributed by atoms with Crippen LogP contribution >= 0.6 is 12.2 Å². The average Bonchev–Trinajstić information content (AvgIpc) is 3.24. The number of hydrogen-bond donors (Lipinski definition) is 3. The summed E-state index contributed by atoms with van der Waals surface area (Å²) in [6, 6.07) is 12.2. The van der Waals surface area contributed by atoms with Crippen LogP contribution in [0.3, 0.4) is 0 Å². The topological polar surface area (TPSA) is 143 Å². The molecule has 0 bridgehead atoms. The number of hydrazine groups is 1. The van der Waals surface area contributed by atoms with E-state index in [1.54, 1.807) is 43.3 Å². The van der Waals surface area contributed by atoms with Gasteiger partial charge in [0.25, 0.3) is 5.91 Å². The summed E-state index contributed by atoms with van der Waals surface area (Å²) in [5.74, 6) is 1.03. The van der Waals surface area contributed by atoms with Crippen molar-refractivity contribution in [3.8, 4) is 0 Å². The van der Waals surface area contributed by atoms with Crippen LogP contribution in [0.5, 0.6) is 0 Å². The number of imide groups is 1. The van der Waals surface area contributed by atoms with E-state index >= 15 is 0 Å². The summed E-state index contributed by atoms with van der Waals surface area (Å²) in [5.41, 5.74) is 6.93. The summed E-state index contributed by atoms with van der Waals surface area (Å²) >= 11 is 4.94. The Morgan fingerprint density at radius 2 is 1.94 bits per heavy atom. The molecular formula is C22H20N6O4S. The van der Waals surface area contributed by atoms with Crippen molar-refractivity contribution in [1.29, 1.82) is 0 Å². The summed E-state index contributed by atoms with van der Waals surface area (Å²) < 4.78 is 5.71. The number of ketones is 1. The van der Waals surface area contributed by atoms with E-state index in [1.807, 2.05) is 13.0 Å². The van der Waals surface area contributed by atoms with Crippen LogP contribution in [0.2, 0.25) is 0 Å². The highest BCUT2D eigenvalue weighted by Crippen LogP contribution is 2.33. The van der Waals surface area contributed by atoms with Crippen LogP contribution in [0, 0.1) is 6.92 Å². The number of piperidine rings is 1. The number of carbonyl (C=O) groups is 3. The number of nitrogens with one attached hydrogen (secondary N) is 2. The number of anilines is 1. The fourth-order valence-electron chi connectivity index (χ4n) is 3.71. The van der Waals surface area contributed by atoms with Gasteiger partial charge in [0.15, 0.2) is 11.5 Å². The fourth-order valence-corrected chi connectivity index (χ4v) is 3.76. The number of aromatic nitrogens is 1. The molecule has 1 saturated heterocycles. The van der Waals surface area contributed by atoms with Crippen molar-refractivity contribution in [3.63, 3.8) is 0 Å². The molecule has 2 amide bonds. The number of thiocarbonyl (C=S) groups is 1. The normalized spacial score (nSPS) is 17.7. The van der Waals surface area contributed by atoms with Gasteiger partial charge in [-0.05, 0) is 48.8 Å². The zero-order chi connectivity index (χ0) is 23.7. The Hall–Kier alpha value is -3.96. The molecule has 2 heterocycles. The molecule has 1 aromatic heterocycles. The first kappa shape index (κ1) is 22.2. The van der Waals surface area contributed by atoms with Gasteiger partial charge in [-0.2, -0.15) is 5.10 Å². The van der Waals surface area contributed by atoms with Crippen LogP contribution in [0.25, 0.3) is 11.1 Å². The number of rotatable bonds is 4. The standard InChI is InChI=1S/C22H20N6O4S/c1-3-12-8-6-7-11(2)17(12)28-20(30)16(26-27-22(33)25-23)15(18(29)21(28)31)19-24-13-9-4-5-10-14(13)32-19/h4-10,15H,3,23H2,1-2H3,(H2,25,27,33)/b26-16-/t15-/m0/s1. The lowest BCUT2D eigenvalue weighted by molar-refractivity contribution is -0.139. The van der Waals surface area contributed by atoms with Gasteiger partial charge < -0.3 is 4.42 Å². The predicted octanol–water partition coefficient (Wildman–Crippen LogP) is 1.62. The predicted molar refractivity (Wildman–Crippen MR) is 125 cm³/mol. The average molecular weight is 465 g/mol. The third-order valence-electron chi connectivity index (χ3n) is 5.26. The number of para-hydroxylation sites is 3. The van der Waals surface area contributed by atoms with Crippen LogP contribution in [-0.2, 0) is 20.8 Å². The van der Waals surface area contributed by atoms with E-state index in [9.17, 15) is 14.4 Å². The van der Waals surface area contributed by atoms with Crippen molar-refractivity contribution >= 4 is 57.4 Å². The molecular weight excluding hydrogens is 444 g/mol. The molecule has 11 heteroatoms. The lowest BCUT2D eigenvalue weighted by atomic mass is 9.90. The monoisotopic (exact) mass is 464 g/mol. The van der Waals surface area contributed by atoms with Crippen molar-refractivity contribution in [2.75, 3.05) is 4.90 Å². The van der Waals surface area contributed by atoms with Gasteiger partial charge in [0, 0.05) is 0 Å². The van der Waals surface area contributed by atoms with Gasteiger partial charge in [0.2, 0.25) is 16.8 Å². The number of nitrogens with zero attached hydrogens (tertiary/aromatic N) is 3.